The van der Waals surface area contributed by atoms with Crippen LogP contribution in [0.4, 0.5) is 19.2 Å². The van der Waals surface area contributed by atoms with Gasteiger partial charge in [-0.2, -0.15) is 0 Å². The van der Waals surface area contributed by atoms with Gasteiger partial charge in [-0.3, -0.25) is 77.6 Å². The van der Waals surface area contributed by atoms with Crippen LogP contribution in [0.3, 0.4) is 0 Å². The molecule has 0 aromatic heterocycles. The number of hydrogen-bond donors (Lipinski definition) is 0. The van der Waals surface area contributed by atoms with Crippen LogP contribution in [0, 0.1) is 23.7 Å². The predicted molar refractivity (Wildman–Crippen MR) is 145 cm³/mol. The van der Waals surface area contributed by atoms with E-state index in [-0.39, 0.29) is 0 Å². The minimum absolute atomic E-state index is 0.429. The Kier molecular flexibility index (Phi) is 7.88. The Morgan fingerprint density at radius 3 is 0.500 bits per heavy atom. The maximum absolute atomic E-state index is 13.8. The van der Waals surface area contributed by atoms with Gasteiger partial charge in [0.25, 0.3) is 0 Å². The normalized spacial score (nSPS) is 22.2. The molecule has 4 heterocycles. The standard InChI is InChI=1S/C26H28N8O12/c1-27-15(35)11(16(36)28(2)23(27)43)9(12-17(37)29(3)24(44)30(4)18(12)38)10(13-19(39)31(5)25(45)32(6)20(13)40)14-21(41)33(7)26(46)34(8)22(14)42/h11-14H,1-8H3. The molecule has 0 aliphatic carbocycles. The van der Waals surface area contributed by atoms with E-state index in [0.29, 0.717) is 39.2 Å². The lowest BCUT2D eigenvalue weighted by atomic mass is 9.71. The molecule has 0 bridgehead atoms. The average Bonchev–Trinajstić information content (AvgIpc) is 3.03. The Balaban J connectivity index is 2.26. The first-order chi connectivity index (χ1) is 21.2. The van der Waals surface area contributed by atoms with Gasteiger partial charge in [-0.05, 0) is 11.1 Å². The quantitative estimate of drug-likeness (QED) is 0.219. The maximum atomic E-state index is 13.8. The fourth-order valence-corrected chi connectivity index (χ4v) is 5.69. The van der Waals surface area contributed by atoms with Crippen LogP contribution in [0.2, 0.25) is 0 Å². The number of barbiturate groups is 4. The van der Waals surface area contributed by atoms with Gasteiger partial charge < -0.3 is 0 Å². The van der Waals surface area contributed by atoms with E-state index in [1.54, 1.807) is 0 Å². The molecule has 46 heavy (non-hydrogen) atoms. The topological polar surface area (TPSA) is 231 Å². The maximum Gasteiger partial charge on any atom is 0.332 e. The summed E-state index contributed by atoms with van der Waals surface area (Å²) in [4.78, 5) is 164. The molecular formula is C26H28N8O12. The van der Waals surface area contributed by atoms with Crippen LogP contribution in [0.25, 0.3) is 0 Å². The van der Waals surface area contributed by atoms with Crippen molar-refractivity contribution in [2.24, 2.45) is 23.7 Å². The van der Waals surface area contributed by atoms with Gasteiger partial charge in [0.2, 0.25) is 47.3 Å². The van der Waals surface area contributed by atoms with Crippen molar-refractivity contribution in [1.82, 2.24) is 39.2 Å². The molecule has 4 aliphatic rings. The van der Waals surface area contributed by atoms with Crippen LogP contribution in [0.1, 0.15) is 0 Å². The number of carbonyl (C=O) groups is 12. The first-order valence-corrected chi connectivity index (χ1v) is 13.3. The lowest BCUT2D eigenvalue weighted by Gasteiger charge is -2.43. The Morgan fingerprint density at radius 1 is 0.283 bits per heavy atom. The third kappa shape index (κ3) is 4.35. The van der Waals surface area contributed by atoms with Crippen LogP contribution < -0.4 is 0 Å². The zero-order valence-corrected chi connectivity index (χ0v) is 25.8. The first-order valence-electron chi connectivity index (χ1n) is 13.3. The number of imide groups is 8. The summed E-state index contributed by atoms with van der Waals surface area (Å²) in [6.45, 7) is 0. The highest BCUT2D eigenvalue weighted by Gasteiger charge is 2.60. The van der Waals surface area contributed by atoms with Crippen LogP contribution in [0.5, 0.6) is 0 Å². The second kappa shape index (κ2) is 11.0. The van der Waals surface area contributed by atoms with Crippen molar-refractivity contribution >= 4 is 71.4 Å². The first kappa shape index (κ1) is 33.1. The molecular weight excluding hydrogens is 616 g/mol. The lowest BCUT2D eigenvalue weighted by Crippen LogP contribution is -2.65. The summed E-state index contributed by atoms with van der Waals surface area (Å²) in [5.74, 6) is -20.7. The highest BCUT2D eigenvalue weighted by Crippen LogP contribution is 2.42. The lowest BCUT2D eigenvalue weighted by molar-refractivity contribution is -0.154. The molecule has 0 unspecified atom stereocenters. The second-order valence-corrected chi connectivity index (χ2v) is 11.0. The summed E-state index contributed by atoms with van der Waals surface area (Å²) in [6.07, 6.45) is 0. The average molecular weight is 645 g/mol. The zero-order valence-electron chi connectivity index (χ0n) is 25.8. The van der Waals surface area contributed by atoms with E-state index in [0.717, 1.165) is 56.4 Å². The molecule has 0 radical (unpaired) electrons. The number of urea groups is 4. The van der Waals surface area contributed by atoms with Crippen LogP contribution in [0.15, 0.2) is 11.1 Å². The van der Waals surface area contributed by atoms with E-state index in [1.807, 2.05) is 0 Å². The second-order valence-electron chi connectivity index (χ2n) is 11.0. The Morgan fingerprint density at radius 2 is 0.391 bits per heavy atom. The molecule has 0 aromatic carbocycles. The monoisotopic (exact) mass is 644 g/mol. The summed E-state index contributed by atoms with van der Waals surface area (Å²) in [6, 6.07) is -4.60. The third-order valence-corrected chi connectivity index (χ3v) is 8.49. The van der Waals surface area contributed by atoms with E-state index in [1.165, 1.54) is 0 Å². The van der Waals surface area contributed by atoms with Gasteiger partial charge in [0.1, 0.15) is 23.7 Å². The van der Waals surface area contributed by atoms with Gasteiger partial charge in [-0.15, -0.1) is 0 Å². The molecule has 0 atom stereocenters. The Labute approximate surface area is 259 Å². The molecule has 0 N–H and O–H groups in total. The molecule has 20 nitrogen and oxygen atoms in total. The summed E-state index contributed by atoms with van der Waals surface area (Å²) >= 11 is 0. The molecule has 16 amide bonds. The van der Waals surface area contributed by atoms with Crippen molar-refractivity contribution in [3.8, 4) is 0 Å². The van der Waals surface area contributed by atoms with Crippen LogP contribution >= 0.6 is 0 Å². The number of nitrogens with zero attached hydrogens (tertiary/aromatic N) is 8. The highest BCUT2D eigenvalue weighted by molar-refractivity contribution is 6.25. The summed E-state index contributed by atoms with van der Waals surface area (Å²) in [7, 11) is 7.54. The van der Waals surface area contributed by atoms with Crippen molar-refractivity contribution in [2.75, 3.05) is 56.4 Å². The van der Waals surface area contributed by atoms with E-state index in [9.17, 15) is 57.5 Å². The van der Waals surface area contributed by atoms with Crippen molar-refractivity contribution in [3.63, 3.8) is 0 Å². The van der Waals surface area contributed by atoms with Crippen LogP contribution in [-0.4, -0.2) is 167 Å². The largest absolute Gasteiger partial charge is 0.332 e. The summed E-state index contributed by atoms with van der Waals surface area (Å²) < 4.78 is 0. The predicted octanol–water partition coefficient (Wildman–Crippen LogP) is -3.05. The Bertz CT molecular complexity index is 1320. The molecule has 4 aliphatic heterocycles. The van der Waals surface area contributed by atoms with Gasteiger partial charge >= 0.3 is 24.1 Å². The SMILES string of the molecule is CN1C(=O)C(C(=C(C2C(=O)N(C)C(=O)N(C)C2=O)C2C(=O)N(C)C(=O)N(C)C2=O)C2C(=O)N(C)C(=O)N(C)C2=O)C(=O)N(C)C1=O. The van der Waals surface area contributed by atoms with Crippen molar-refractivity contribution in [2.45, 2.75) is 0 Å². The number of rotatable bonds is 4. The Hall–Kier alpha value is -5.82. The van der Waals surface area contributed by atoms with Gasteiger partial charge in [-0.25, -0.2) is 19.2 Å². The molecule has 0 aromatic rings. The van der Waals surface area contributed by atoms with Gasteiger partial charge in [0.15, 0.2) is 0 Å². The molecule has 244 valence electrons. The molecule has 0 spiro atoms. The molecule has 4 saturated heterocycles. The minimum atomic E-state index is -2.40. The molecule has 4 rings (SSSR count). The molecule has 20 heteroatoms. The minimum Gasteiger partial charge on any atom is -0.273 e. The third-order valence-electron chi connectivity index (χ3n) is 8.49. The highest BCUT2D eigenvalue weighted by atomic mass is 16.2. The van der Waals surface area contributed by atoms with E-state index >= 15 is 0 Å². The zero-order chi connectivity index (χ0) is 35.0. The van der Waals surface area contributed by atoms with Gasteiger partial charge in [-0.1, -0.05) is 0 Å². The summed E-state index contributed by atoms with van der Waals surface area (Å²) in [5, 5.41) is 0. The number of carbonyl (C=O) groups excluding carboxylic acids is 12. The fraction of sp³-hybridized carbons (Fsp3) is 0.462. The van der Waals surface area contributed by atoms with Crippen molar-refractivity contribution in [3.05, 3.63) is 11.1 Å². The van der Waals surface area contributed by atoms with Gasteiger partial charge in [0, 0.05) is 56.4 Å². The molecule has 4 fully saturated rings. The van der Waals surface area contributed by atoms with Crippen molar-refractivity contribution in [1.29, 1.82) is 0 Å². The number of hydrogen-bond acceptors (Lipinski definition) is 12. The van der Waals surface area contributed by atoms with E-state index < -0.39 is 106 Å². The van der Waals surface area contributed by atoms with Crippen molar-refractivity contribution < 1.29 is 57.5 Å². The van der Waals surface area contributed by atoms with E-state index in [4.69, 9.17) is 0 Å². The van der Waals surface area contributed by atoms with Crippen LogP contribution in [-0.2, 0) is 38.4 Å². The van der Waals surface area contributed by atoms with Gasteiger partial charge in [0.05, 0.1) is 0 Å². The molecule has 0 saturated carbocycles. The van der Waals surface area contributed by atoms with E-state index in [2.05, 4.69) is 0 Å². The smallest absolute Gasteiger partial charge is 0.273 e. The summed E-state index contributed by atoms with van der Waals surface area (Å²) in [5.41, 5.74) is -2.04. The fourth-order valence-electron chi connectivity index (χ4n) is 5.69. The number of amides is 16.